The van der Waals surface area contributed by atoms with Crippen LogP contribution in [0.25, 0.3) is 11.1 Å². The zero-order valence-corrected chi connectivity index (χ0v) is 26.5. The number of alkyl halides is 3. The van der Waals surface area contributed by atoms with Gasteiger partial charge in [0.2, 0.25) is 0 Å². The number of hydrogen-bond acceptors (Lipinski definition) is 3. The highest BCUT2D eigenvalue weighted by Gasteiger charge is 2.31. The molecule has 250 valence electrons. The van der Waals surface area contributed by atoms with Crippen molar-refractivity contribution in [1.29, 1.82) is 0 Å². The van der Waals surface area contributed by atoms with E-state index < -0.39 is 11.7 Å². The van der Waals surface area contributed by atoms with Crippen LogP contribution in [0.4, 0.5) is 39.4 Å². The molecule has 0 aliphatic carbocycles. The number of halogens is 4. The maximum Gasteiger partial charge on any atom is 0.416 e. The lowest BCUT2D eigenvalue weighted by molar-refractivity contribution is -0.137. The third-order valence-corrected chi connectivity index (χ3v) is 8.63. The van der Waals surface area contributed by atoms with Gasteiger partial charge >= 0.3 is 12.2 Å². The van der Waals surface area contributed by atoms with Gasteiger partial charge in [0, 0.05) is 48.3 Å². The first-order chi connectivity index (χ1) is 23.7. The molecule has 1 aliphatic heterocycles. The Kier molecular flexibility index (Phi) is 9.94. The van der Waals surface area contributed by atoms with E-state index in [9.17, 15) is 27.2 Å². The topological polar surface area (TPSA) is 64.7 Å². The maximum atomic E-state index is 13.7. The smallest absolute Gasteiger partial charge is 0.371 e. The van der Waals surface area contributed by atoms with E-state index >= 15 is 0 Å². The fourth-order valence-electron chi connectivity index (χ4n) is 6.06. The minimum absolute atomic E-state index is 0.0965. The van der Waals surface area contributed by atoms with Crippen LogP contribution in [-0.2, 0) is 12.7 Å². The van der Waals surface area contributed by atoms with E-state index in [1.807, 2.05) is 54.6 Å². The van der Waals surface area contributed by atoms with E-state index in [1.54, 1.807) is 41.3 Å². The van der Waals surface area contributed by atoms with Gasteiger partial charge in [-0.3, -0.25) is 9.69 Å². The van der Waals surface area contributed by atoms with Crippen LogP contribution in [0.15, 0.2) is 127 Å². The minimum Gasteiger partial charge on any atom is -0.371 e. The summed E-state index contributed by atoms with van der Waals surface area (Å²) >= 11 is 0. The molecular weight excluding hydrogens is 632 g/mol. The summed E-state index contributed by atoms with van der Waals surface area (Å²) in [5.74, 6) is -0.748. The summed E-state index contributed by atoms with van der Waals surface area (Å²) in [4.78, 5) is 30.7. The van der Waals surface area contributed by atoms with Gasteiger partial charge in [-0.05, 0) is 96.3 Å². The van der Waals surface area contributed by atoms with Gasteiger partial charge < -0.3 is 15.5 Å². The molecule has 1 fully saturated rings. The van der Waals surface area contributed by atoms with Crippen LogP contribution in [0.1, 0.15) is 34.3 Å². The monoisotopic (exact) mass is 666 g/mol. The zero-order chi connectivity index (χ0) is 34.4. The lowest BCUT2D eigenvalue weighted by atomic mass is 9.98. The van der Waals surface area contributed by atoms with E-state index in [2.05, 4.69) is 15.5 Å². The van der Waals surface area contributed by atoms with E-state index in [4.69, 9.17) is 0 Å². The van der Waals surface area contributed by atoms with Gasteiger partial charge in [0.1, 0.15) is 5.82 Å². The van der Waals surface area contributed by atoms with Crippen molar-refractivity contribution >= 4 is 29.0 Å². The second-order valence-electron chi connectivity index (χ2n) is 11.8. The molecule has 1 saturated heterocycles. The number of nitrogens with one attached hydrogen (secondary N) is 2. The summed E-state index contributed by atoms with van der Waals surface area (Å²) in [5, 5.41) is 5.91. The molecule has 6 nitrogen and oxygen atoms in total. The van der Waals surface area contributed by atoms with Gasteiger partial charge in [0.05, 0.1) is 5.56 Å². The van der Waals surface area contributed by atoms with Crippen molar-refractivity contribution in [2.24, 2.45) is 0 Å². The normalized spacial score (nSPS) is 13.5. The number of carbonyl (C=O) groups excluding carboxylic acids is 2. The van der Waals surface area contributed by atoms with Crippen molar-refractivity contribution in [2.45, 2.75) is 31.6 Å². The molecule has 0 saturated carbocycles. The first-order valence-electron chi connectivity index (χ1n) is 16.0. The summed E-state index contributed by atoms with van der Waals surface area (Å²) in [7, 11) is 0. The molecule has 0 spiro atoms. The second-order valence-corrected chi connectivity index (χ2v) is 11.8. The van der Waals surface area contributed by atoms with Crippen molar-refractivity contribution in [3.63, 3.8) is 0 Å². The van der Waals surface area contributed by atoms with Gasteiger partial charge in [0.25, 0.3) is 5.91 Å². The van der Waals surface area contributed by atoms with Crippen LogP contribution in [0.3, 0.4) is 0 Å². The summed E-state index contributed by atoms with van der Waals surface area (Å²) in [5.41, 5.74) is 3.76. The van der Waals surface area contributed by atoms with E-state index in [-0.39, 0.29) is 23.8 Å². The van der Waals surface area contributed by atoms with Crippen LogP contribution in [0.2, 0.25) is 0 Å². The summed E-state index contributed by atoms with van der Waals surface area (Å²) in [6.45, 7) is 1.74. The Bertz CT molecular complexity index is 1870. The summed E-state index contributed by atoms with van der Waals surface area (Å²) in [6, 6.07) is 34.2. The number of amides is 3. The lowest BCUT2D eigenvalue weighted by Gasteiger charge is -2.39. The van der Waals surface area contributed by atoms with Crippen molar-refractivity contribution in [2.75, 3.05) is 28.2 Å². The van der Waals surface area contributed by atoms with Crippen molar-refractivity contribution in [1.82, 2.24) is 5.32 Å². The highest BCUT2D eigenvalue weighted by Crippen LogP contribution is 2.33. The number of nitrogens with zero attached hydrogens (tertiary/aromatic N) is 2. The largest absolute Gasteiger partial charge is 0.416 e. The minimum atomic E-state index is -4.44. The molecule has 5 aromatic carbocycles. The molecule has 1 heterocycles. The number of rotatable bonds is 8. The van der Waals surface area contributed by atoms with Gasteiger partial charge in [-0.15, -0.1) is 0 Å². The Labute approximate surface area is 282 Å². The zero-order valence-electron chi connectivity index (χ0n) is 26.5. The fourth-order valence-corrected chi connectivity index (χ4v) is 6.06. The number of benzene rings is 5. The Balaban J connectivity index is 1.09. The Morgan fingerprint density at radius 2 is 1.39 bits per heavy atom. The molecule has 5 aromatic rings. The fraction of sp³-hybridized carbons (Fsp3) is 0.179. The van der Waals surface area contributed by atoms with Gasteiger partial charge in [-0.1, -0.05) is 60.7 Å². The quantitative estimate of drug-likeness (QED) is 0.162. The number of anilines is 3. The van der Waals surface area contributed by atoms with Crippen molar-refractivity contribution < 1.29 is 27.2 Å². The second kappa shape index (κ2) is 14.6. The molecule has 6 rings (SSSR count). The number of carbonyl (C=O) groups is 2. The summed E-state index contributed by atoms with van der Waals surface area (Å²) < 4.78 is 52.9. The highest BCUT2D eigenvalue weighted by atomic mass is 19.4. The number of urea groups is 1. The average molecular weight is 667 g/mol. The van der Waals surface area contributed by atoms with Crippen molar-refractivity contribution in [3.8, 4) is 11.1 Å². The Hall–Kier alpha value is -5.64. The molecule has 0 bridgehead atoms. The molecule has 3 amide bonds. The van der Waals surface area contributed by atoms with Gasteiger partial charge in [-0.2, -0.15) is 13.2 Å². The average Bonchev–Trinajstić information content (AvgIpc) is 3.12. The van der Waals surface area contributed by atoms with E-state index in [1.165, 1.54) is 24.3 Å². The van der Waals surface area contributed by atoms with Crippen LogP contribution in [0, 0.1) is 5.82 Å². The molecule has 0 radical (unpaired) electrons. The molecule has 0 atom stereocenters. The Morgan fingerprint density at radius 3 is 2.04 bits per heavy atom. The third kappa shape index (κ3) is 8.09. The van der Waals surface area contributed by atoms with Crippen LogP contribution >= 0.6 is 0 Å². The number of piperidine rings is 1. The molecule has 0 aromatic heterocycles. The van der Waals surface area contributed by atoms with Crippen molar-refractivity contribution in [3.05, 3.63) is 150 Å². The maximum absolute atomic E-state index is 13.7. The molecular formula is C39H34F4N4O2. The standard InChI is InChI=1S/C39H34F4N4O2/c40-30-14-18-33(19-15-30)47(38(49)44-26-27-6-2-1-3-7-27)34-22-24-46(25-23-34)32-20-16-31(17-21-32)45-37(48)36-9-5-4-8-35(36)28-10-12-29(13-11-28)39(41,42)43/h1-21,34H,22-26H2,(H,44,49)(H,45,48). The molecule has 1 aliphatic rings. The first-order valence-corrected chi connectivity index (χ1v) is 16.0. The lowest BCUT2D eigenvalue weighted by Crippen LogP contribution is -2.51. The predicted molar refractivity (Wildman–Crippen MR) is 184 cm³/mol. The third-order valence-electron chi connectivity index (χ3n) is 8.63. The molecule has 49 heavy (non-hydrogen) atoms. The van der Waals surface area contributed by atoms with E-state index in [0.29, 0.717) is 60.5 Å². The van der Waals surface area contributed by atoms with Gasteiger partial charge in [0.15, 0.2) is 0 Å². The van der Waals surface area contributed by atoms with E-state index in [0.717, 1.165) is 23.4 Å². The molecule has 10 heteroatoms. The number of hydrogen-bond donors (Lipinski definition) is 2. The predicted octanol–water partition coefficient (Wildman–Crippen LogP) is 9.15. The van der Waals surface area contributed by atoms with Crippen LogP contribution in [-0.4, -0.2) is 31.1 Å². The first kappa shape index (κ1) is 33.3. The SMILES string of the molecule is O=C(Nc1ccc(N2CCC(N(C(=O)NCc3ccccc3)c3ccc(F)cc3)CC2)cc1)c1ccccc1-c1ccc(C(F)(F)F)cc1. The Morgan fingerprint density at radius 1 is 0.755 bits per heavy atom. The highest BCUT2D eigenvalue weighted by molar-refractivity contribution is 6.08. The molecule has 0 unspecified atom stereocenters. The van der Waals surface area contributed by atoms with Gasteiger partial charge in [-0.25, -0.2) is 9.18 Å². The molecule has 2 N–H and O–H groups in total. The van der Waals surface area contributed by atoms with Crippen LogP contribution in [0.5, 0.6) is 0 Å². The van der Waals surface area contributed by atoms with Crippen LogP contribution < -0.4 is 20.4 Å². The summed E-state index contributed by atoms with van der Waals surface area (Å²) in [6.07, 6.45) is -3.06.